The highest BCUT2D eigenvalue weighted by atomic mass is 16.6. The summed E-state index contributed by atoms with van der Waals surface area (Å²) in [6.07, 6.45) is -1.47. The summed E-state index contributed by atoms with van der Waals surface area (Å²) in [5, 5.41) is 11.1. The molecule has 0 heterocycles. The lowest BCUT2D eigenvalue weighted by molar-refractivity contribution is -0.277. The SMILES string of the molecule is C=C1C(=O)[C@]23C[C@H]1C[C@H](OC(C)=O)[C@H]2[C@]1(C)[C@@H](OC(C)=O)C[C@H](O)C(C)(C)[C@H]1C[C@@H]3OC(C)=O. The summed E-state index contributed by atoms with van der Waals surface area (Å²) < 4.78 is 17.6. The highest BCUT2D eigenvalue weighted by molar-refractivity contribution is 6.04. The molecule has 4 saturated carbocycles. The summed E-state index contributed by atoms with van der Waals surface area (Å²) in [6.45, 7) is 13.9. The van der Waals surface area contributed by atoms with E-state index in [9.17, 15) is 24.3 Å². The van der Waals surface area contributed by atoms with Gasteiger partial charge < -0.3 is 19.3 Å². The van der Waals surface area contributed by atoms with E-state index < -0.39 is 64.5 Å². The number of allylic oxidation sites excluding steroid dienone is 1. The molecule has 4 fully saturated rings. The molecule has 9 atom stereocenters. The van der Waals surface area contributed by atoms with Gasteiger partial charge in [-0.3, -0.25) is 19.2 Å². The topological polar surface area (TPSA) is 116 Å². The first kappa shape index (κ1) is 24.9. The maximum Gasteiger partial charge on any atom is 0.302 e. The monoisotopic (exact) mass is 476 g/mol. The van der Waals surface area contributed by atoms with Gasteiger partial charge in [0, 0.05) is 38.5 Å². The van der Waals surface area contributed by atoms with Crippen LogP contribution in [0.5, 0.6) is 0 Å². The number of Topliss-reactive ketones (excluding diaryl/α,β-unsaturated/α-hetero) is 1. The first-order valence-corrected chi connectivity index (χ1v) is 12.1. The van der Waals surface area contributed by atoms with E-state index >= 15 is 0 Å². The predicted octanol–water partition coefficient (Wildman–Crippen LogP) is 2.75. The predicted molar refractivity (Wildman–Crippen MR) is 120 cm³/mol. The summed E-state index contributed by atoms with van der Waals surface area (Å²) in [5.41, 5.74) is -2.12. The Morgan fingerprint density at radius 1 is 0.912 bits per heavy atom. The van der Waals surface area contributed by atoms with Crippen LogP contribution < -0.4 is 0 Å². The van der Waals surface area contributed by atoms with Gasteiger partial charge in [-0.1, -0.05) is 27.4 Å². The highest BCUT2D eigenvalue weighted by Gasteiger charge is 2.77. The molecule has 0 amide bonds. The Kier molecular flexibility index (Phi) is 5.78. The number of esters is 3. The first-order chi connectivity index (χ1) is 15.7. The van der Waals surface area contributed by atoms with Crippen molar-refractivity contribution in [3.8, 4) is 0 Å². The Hall–Kier alpha value is -2.22. The van der Waals surface area contributed by atoms with Crippen LogP contribution in [-0.4, -0.2) is 53.2 Å². The molecule has 4 rings (SSSR count). The van der Waals surface area contributed by atoms with E-state index in [1.165, 1.54) is 20.8 Å². The lowest BCUT2D eigenvalue weighted by Gasteiger charge is -2.67. The number of hydrogen-bond acceptors (Lipinski definition) is 8. The minimum absolute atomic E-state index is 0.159. The van der Waals surface area contributed by atoms with Crippen LogP contribution in [0.25, 0.3) is 0 Å². The molecule has 8 nitrogen and oxygen atoms in total. The third-order valence-corrected chi connectivity index (χ3v) is 9.50. The molecule has 1 spiro atoms. The molecule has 0 aliphatic heterocycles. The van der Waals surface area contributed by atoms with Crippen LogP contribution in [0.15, 0.2) is 12.2 Å². The standard InChI is InChI=1S/C26H36O8/c1-12-16-8-17(32-13(2)27)22-25(7)18(24(5,6)19(30)10-20(25)33-14(3)28)9-21(34-15(4)29)26(22,11-16)23(12)31/h16-22,30H,1,8-11H2,2-7H3/t16-,17+,18-,19+,20+,21+,22+,25+,26+/m1/s1. The molecule has 0 unspecified atom stereocenters. The van der Waals surface area contributed by atoms with Crippen LogP contribution in [0, 0.1) is 34.0 Å². The number of carbonyl (C=O) groups excluding carboxylic acids is 4. The van der Waals surface area contributed by atoms with Crippen LogP contribution in [0.3, 0.4) is 0 Å². The van der Waals surface area contributed by atoms with Gasteiger partial charge in [-0.2, -0.15) is 0 Å². The minimum Gasteiger partial charge on any atom is -0.462 e. The molecule has 34 heavy (non-hydrogen) atoms. The molecular formula is C26H36O8. The van der Waals surface area contributed by atoms with Crippen LogP contribution >= 0.6 is 0 Å². The van der Waals surface area contributed by atoms with E-state index in [2.05, 4.69) is 6.58 Å². The van der Waals surface area contributed by atoms with Crippen molar-refractivity contribution >= 4 is 23.7 Å². The maximum absolute atomic E-state index is 13.9. The zero-order valence-corrected chi connectivity index (χ0v) is 20.9. The number of ketones is 1. The molecular weight excluding hydrogens is 440 g/mol. The van der Waals surface area contributed by atoms with Crippen molar-refractivity contribution in [1.82, 2.24) is 0 Å². The lowest BCUT2D eigenvalue weighted by Crippen LogP contribution is -2.72. The second-order valence-corrected chi connectivity index (χ2v) is 11.6. The fourth-order valence-corrected chi connectivity index (χ4v) is 8.26. The number of rotatable bonds is 3. The average Bonchev–Trinajstić information content (AvgIpc) is 2.89. The van der Waals surface area contributed by atoms with Crippen LogP contribution in [0.4, 0.5) is 0 Å². The van der Waals surface area contributed by atoms with Crippen molar-refractivity contribution in [1.29, 1.82) is 0 Å². The van der Waals surface area contributed by atoms with E-state index in [1.54, 1.807) is 0 Å². The summed E-state index contributed by atoms with van der Waals surface area (Å²) in [4.78, 5) is 50.5. The number of hydrogen-bond donors (Lipinski definition) is 1. The molecule has 8 heteroatoms. The fraction of sp³-hybridized carbons (Fsp3) is 0.769. The van der Waals surface area contributed by atoms with Crippen molar-refractivity contribution in [2.45, 2.75) is 91.6 Å². The van der Waals surface area contributed by atoms with Crippen LogP contribution in [0.2, 0.25) is 0 Å². The largest absolute Gasteiger partial charge is 0.462 e. The number of carbonyl (C=O) groups is 4. The smallest absolute Gasteiger partial charge is 0.302 e. The van der Waals surface area contributed by atoms with Gasteiger partial charge in [0.15, 0.2) is 5.78 Å². The second-order valence-electron chi connectivity index (χ2n) is 11.6. The quantitative estimate of drug-likeness (QED) is 0.376. The van der Waals surface area contributed by atoms with Gasteiger partial charge in [-0.25, -0.2) is 0 Å². The molecule has 0 aromatic carbocycles. The fourth-order valence-electron chi connectivity index (χ4n) is 8.26. The van der Waals surface area contributed by atoms with Gasteiger partial charge >= 0.3 is 17.9 Å². The number of aliphatic hydroxyl groups is 1. The van der Waals surface area contributed by atoms with E-state index in [0.29, 0.717) is 24.8 Å². The first-order valence-electron chi connectivity index (χ1n) is 12.1. The van der Waals surface area contributed by atoms with E-state index in [4.69, 9.17) is 14.2 Å². The molecule has 4 aliphatic rings. The van der Waals surface area contributed by atoms with Gasteiger partial charge in [-0.05, 0) is 42.1 Å². The zero-order valence-electron chi connectivity index (χ0n) is 20.9. The normalized spacial score (nSPS) is 44.5. The third-order valence-electron chi connectivity index (χ3n) is 9.50. The summed E-state index contributed by atoms with van der Waals surface area (Å²) in [5.74, 6) is -2.64. The maximum atomic E-state index is 13.9. The molecule has 2 bridgehead atoms. The Labute approximate surface area is 200 Å². The second kappa shape index (κ2) is 7.90. The van der Waals surface area contributed by atoms with Gasteiger partial charge in [0.05, 0.1) is 11.5 Å². The van der Waals surface area contributed by atoms with Crippen molar-refractivity contribution in [3.05, 3.63) is 12.2 Å². The van der Waals surface area contributed by atoms with Crippen LogP contribution in [0.1, 0.15) is 67.2 Å². The number of fused-ring (bicyclic) bond motifs is 3. The zero-order chi connectivity index (χ0) is 25.4. The molecule has 0 aromatic heterocycles. The van der Waals surface area contributed by atoms with Crippen molar-refractivity contribution in [3.63, 3.8) is 0 Å². The van der Waals surface area contributed by atoms with Gasteiger partial charge in [0.25, 0.3) is 0 Å². The van der Waals surface area contributed by atoms with Gasteiger partial charge in [0.1, 0.15) is 18.3 Å². The Morgan fingerprint density at radius 3 is 2.03 bits per heavy atom. The van der Waals surface area contributed by atoms with Crippen LogP contribution in [-0.2, 0) is 33.4 Å². The van der Waals surface area contributed by atoms with Gasteiger partial charge in [-0.15, -0.1) is 0 Å². The number of aliphatic hydroxyl groups excluding tert-OH is 1. The van der Waals surface area contributed by atoms with E-state index in [-0.39, 0.29) is 24.0 Å². The summed E-state index contributed by atoms with van der Waals surface area (Å²) in [7, 11) is 0. The molecule has 4 aliphatic carbocycles. The average molecular weight is 477 g/mol. The molecule has 0 saturated heterocycles. The van der Waals surface area contributed by atoms with E-state index in [0.717, 1.165) is 0 Å². The minimum atomic E-state index is -1.13. The number of ether oxygens (including phenoxy) is 3. The summed E-state index contributed by atoms with van der Waals surface area (Å²) in [6, 6.07) is 0. The van der Waals surface area contributed by atoms with E-state index in [1.807, 2.05) is 20.8 Å². The molecule has 188 valence electrons. The third kappa shape index (κ3) is 3.28. The molecule has 0 radical (unpaired) electrons. The van der Waals surface area contributed by atoms with Crippen molar-refractivity contribution in [2.75, 3.05) is 0 Å². The molecule has 0 aromatic rings. The Morgan fingerprint density at radius 2 is 1.47 bits per heavy atom. The van der Waals surface area contributed by atoms with Crippen molar-refractivity contribution in [2.24, 2.45) is 34.0 Å². The lowest BCUT2D eigenvalue weighted by atomic mass is 9.38. The highest BCUT2D eigenvalue weighted by Crippen LogP contribution is 2.72. The van der Waals surface area contributed by atoms with Crippen molar-refractivity contribution < 1.29 is 38.5 Å². The van der Waals surface area contributed by atoms with Gasteiger partial charge in [0.2, 0.25) is 0 Å². The Balaban J connectivity index is 1.98. The summed E-state index contributed by atoms with van der Waals surface area (Å²) >= 11 is 0. The molecule has 1 N–H and O–H groups in total. The Bertz CT molecular complexity index is 952.